The third-order valence-electron chi connectivity index (χ3n) is 14.3. The standard InChI is InChI=1S/C52H81NO13/c1-30-17-13-12-14-18-31(2)43(62-9)28-39-22-20-35(6)52(61,66-39)49(58)50(59)53-24-16-15-19-40(53)51(60)65-44(33(4)26-38-21-23-41(54)45(27-38)63-10)29-42(55)32(3)25-34(5)46(56)48(64-11)47(57)37(8)36(30)7/h12-14,17-18,25,30,32-33,35-41,43-46,48,54,56,61H,15-16,19-24,26-29H2,1-11H3/b14-12+,17-13+,31-18+,34-25+/t30-,32-,33-,35-,36?,37-,38+,39+,40+,41-,43+,44+,45-,46-,48-,52-/m1/s1/i3D3,20D2,30D,36D. The van der Waals surface area contributed by atoms with Crippen LogP contribution in [0.5, 0.6) is 0 Å². The van der Waals surface area contributed by atoms with Crippen molar-refractivity contribution >= 4 is 29.2 Å². The van der Waals surface area contributed by atoms with Crippen LogP contribution in [-0.4, -0.2) is 132 Å². The fourth-order valence-electron chi connectivity index (χ4n) is 9.49. The first-order valence-electron chi connectivity index (χ1n) is 27.0. The van der Waals surface area contributed by atoms with Crippen molar-refractivity contribution < 1.29 is 72.6 Å². The highest BCUT2D eigenvalue weighted by Gasteiger charge is 2.53. The minimum absolute atomic E-state index is 0.0166. The Balaban J connectivity index is 1.86. The number of esters is 1. The van der Waals surface area contributed by atoms with Crippen LogP contribution in [0.15, 0.2) is 47.6 Å². The molecule has 14 heteroatoms. The van der Waals surface area contributed by atoms with Crippen molar-refractivity contribution in [3.05, 3.63) is 47.6 Å². The number of allylic oxidation sites excluding steroid dienone is 6. The van der Waals surface area contributed by atoms with Gasteiger partial charge in [0.15, 0.2) is 5.78 Å². The van der Waals surface area contributed by atoms with Gasteiger partial charge in [0.05, 0.1) is 24.4 Å². The average molecular weight is 935 g/mol. The van der Waals surface area contributed by atoms with Gasteiger partial charge in [-0.3, -0.25) is 19.2 Å². The number of cyclic esters (lactones) is 1. The van der Waals surface area contributed by atoms with Crippen LogP contribution in [-0.2, 0) is 47.7 Å². The fourth-order valence-corrected chi connectivity index (χ4v) is 9.49. The number of aliphatic hydroxyl groups excluding tert-OH is 2. The molecule has 2 bridgehead atoms. The van der Waals surface area contributed by atoms with Crippen LogP contribution in [0.2, 0.25) is 0 Å². The van der Waals surface area contributed by atoms with Gasteiger partial charge in [0.25, 0.3) is 11.7 Å². The lowest BCUT2D eigenvalue weighted by molar-refractivity contribution is -0.265. The number of nitrogens with zero attached hydrogens (tertiary/aromatic N) is 1. The van der Waals surface area contributed by atoms with Crippen LogP contribution in [0.25, 0.3) is 0 Å². The Hall–Kier alpha value is -3.37. The van der Waals surface area contributed by atoms with E-state index in [9.17, 15) is 40.7 Å². The van der Waals surface area contributed by atoms with Crippen molar-refractivity contribution in [2.24, 2.45) is 41.4 Å². The summed E-state index contributed by atoms with van der Waals surface area (Å²) in [6, 6.07) is -1.41. The third-order valence-corrected chi connectivity index (χ3v) is 14.3. The first-order chi connectivity index (χ1) is 33.8. The predicted octanol–water partition coefficient (Wildman–Crippen LogP) is 6.43. The highest BCUT2D eigenvalue weighted by molar-refractivity contribution is 6.39. The Morgan fingerprint density at radius 2 is 1.67 bits per heavy atom. The third kappa shape index (κ3) is 13.9. The van der Waals surface area contributed by atoms with Crippen molar-refractivity contribution in [2.45, 2.75) is 180 Å². The second kappa shape index (κ2) is 25.3. The largest absolute Gasteiger partial charge is 0.460 e. The normalized spacial score (nSPS) is 45.9. The van der Waals surface area contributed by atoms with Crippen LogP contribution in [0, 0.1) is 41.4 Å². The number of ketones is 3. The Labute approximate surface area is 403 Å². The zero-order valence-electron chi connectivity index (χ0n) is 47.6. The Morgan fingerprint density at radius 1 is 0.939 bits per heavy atom. The molecular weight excluding hydrogens is 847 g/mol. The van der Waals surface area contributed by atoms with E-state index in [-0.39, 0.29) is 37.3 Å². The van der Waals surface area contributed by atoms with Crippen LogP contribution in [0.4, 0.5) is 0 Å². The van der Waals surface area contributed by atoms with Gasteiger partial charge in [-0.25, -0.2) is 4.79 Å². The van der Waals surface area contributed by atoms with Gasteiger partial charge in [-0.2, -0.15) is 0 Å². The Kier molecular flexibility index (Phi) is 17.3. The van der Waals surface area contributed by atoms with Gasteiger partial charge in [0.2, 0.25) is 5.79 Å². The maximum absolute atomic E-state index is 14.5. The molecule has 1 unspecified atom stereocenters. The number of ether oxygens (including phenoxy) is 5. The maximum atomic E-state index is 14.5. The number of amides is 1. The zero-order chi connectivity index (χ0) is 55.2. The SMILES string of the molecule is [2H]C([2H])([2H])[C@@H]1/C=C(\C)[C@@H](O)[C@@H](OC)C(=O)[C@H](C)C([2H])(C)[C@]([2H])(C)/C=C/C=C/C=C(\C)[C@@H](OC)C[C@@H]2CC([2H])([2H])[C@@H](C)[C@@](O)(O2)C(=O)C(=O)N2CCCC[C@H]2C(=O)O[C@H]([C@H](C)C[C@@H]2CC[C@@H](O)[C@H](OC)C2)CC1=O. The topological polar surface area (TPSA) is 195 Å². The molecule has 0 aromatic heterocycles. The smallest absolute Gasteiger partial charge is 0.329 e. The quantitative estimate of drug-likeness (QED) is 0.150. The van der Waals surface area contributed by atoms with E-state index < -0.39 is 139 Å². The van der Waals surface area contributed by atoms with E-state index in [0.29, 0.717) is 44.1 Å². The molecule has 4 rings (SSSR count). The van der Waals surface area contributed by atoms with E-state index in [1.165, 1.54) is 61.0 Å². The molecule has 0 aromatic carbocycles. The molecule has 3 fully saturated rings. The molecule has 3 N–H and O–H groups in total. The summed E-state index contributed by atoms with van der Waals surface area (Å²) in [7, 11) is 4.07. The molecule has 4 aliphatic rings. The molecule has 0 aromatic rings. The molecule has 16 atom stereocenters. The molecule has 3 aliphatic heterocycles. The number of piperidine rings is 1. The number of fused-ring (bicyclic) bond motifs is 3. The number of hydrogen-bond donors (Lipinski definition) is 3. The molecule has 1 saturated carbocycles. The number of aliphatic hydroxyl groups is 3. The summed E-state index contributed by atoms with van der Waals surface area (Å²) < 4.78 is 90.6. The first kappa shape index (κ1) is 45.1. The van der Waals surface area contributed by atoms with Crippen LogP contribution < -0.4 is 0 Å². The van der Waals surface area contributed by atoms with E-state index in [4.69, 9.17) is 31.9 Å². The summed E-state index contributed by atoms with van der Waals surface area (Å²) in [6.45, 7) is 7.21. The van der Waals surface area contributed by atoms with Crippen molar-refractivity contribution in [3.63, 3.8) is 0 Å². The minimum atomic E-state index is -3.02. The lowest BCUT2D eigenvalue weighted by Crippen LogP contribution is -2.61. The summed E-state index contributed by atoms with van der Waals surface area (Å²) in [6.07, 6.45) is 0.462. The Bertz CT molecular complexity index is 2090. The van der Waals surface area contributed by atoms with E-state index in [1.54, 1.807) is 32.1 Å². The molecule has 2 saturated heterocycles. The Morgan fingerprint density at radius 3 is 2.33 bits per heavy atom. The average Bonchev–Trinajstić information content (AvgIpc) is 3.32. The molecule has 372 valence electrons. The van der Waals surface area contributed by atoms with Gasteiger partial charge in [-0.15, -0.1) is 0 Å². The molecule has 0 spiro atoms. The summed E-state index contributed by atoms with van der Waals surface area (Å²) in [5.41, 5.74) is 0.518. The highest BCUT2D eigenvalue weighted by Crippen LogP contribution is 2.38. The summed E-state index contributed by atoms with van der Waals surface area (Å²) in [4.78, 5) is 72.9. The second-order valence-electron chi connectivity index (χ2n) is 18.9. The van der Waals surface area contributed by atoms with E-state index >= 15 is 0 Å². The fraction of sp³-hybridized carbons (Fsp3) is 0.750. The van der Waals surface area contributed by atoms with Crippen molar-refractivity contribution in [3.8, 4) is 0 Å². The van der Waals surface area contributed by atoms with Crippen molar-refractivity contribution in [1.82, 2.24) is 4.90 Å². The van der Waals surface area contributed by atoms with Gasteiger partial charge in [-0.1, -0.05) is 77.9 Å². The molecule has 14 nitrogen and oxygen atoms in total. The molecule has 1 amide bonds. The molecular formula is C52H81NO13. The van der Waals surface area contributed by atoms with Crippen molar-refractivity contribution in [2.75, 3.05) is 27.9 Å². The summed E-state index contributed by atoms with van der Waals surface area (Å²) in [5, 5.41) is 34.2. The number of carbonyl (C=O) groups excluding carboxylic acids is 5. The van der Waals surface area contributed by atoms with Crippen LogP contribution >= 0.6 is 0 Å². The van der Waals surface area contributed by atoms with Crippen LogP contribution in [0.1, 0.15) is 135 Å². The monoisotopic (exact) mass is 935 g/mol. The first-order valence-corrected chi connectivity index (χ1v) is 23.5. The van der Waals surface area contributed by atoms with Gasteiger partial charge in [0, 0.05) is 68.1 Å². The summed E-state index contributed by atoms with van der Waals surface area (Å²) >= 11 is 0. The van der Waals surface area contributed by atoms with E-state index in [2.05, 4.69) is 0 Å². The number of rotatable bonds is 6. The van der Waals surface area contributed by atoms with Gasteiger partial charge in [-0.05, 0) is 106 Å². The lowest BCUT2D eigenvalue weighted by atomic mass is 9.78. The molecule has 3 heterocycles. The predicted molar refractivity (Wildman–Crippen MR) is 250 cm³/mol. The molecule has 66 heavy (non-hydrogen) atoms. The lowest BCUT2D eigenvalue weighted by Gasteiger charge is -2.42. The van der Waals surface area contributed by atoms with E-state index in [0.717, 1.165) is 18.1 Å². The van der Waals surface area contributed by atoms with Gasteiger partial charge < -0.3 is 43.9 Å². The van der Waals surface area contributed by atoms with E-state index in [1.807, 2.05) is 0 Å². The number of Topliss-reactive ketones (excluding diaryl/α,β-unsaturated/α-hetero) is 3. The molecule has 1 aliphatic carbocycles. The van der Waals surface area contributed by atoms with Crippen molar-refractivity contribution in [1.29, 1.82) is 0 Å². The maximum Gasteiger partial charge on any atom is 0.329 e. The van der Waals surface area contributed by atoms with Crippen LogP contribution in [0.3, 0.4) is 0 Å². The van der Waals surface area contributed by atoms with Gasteiger partial charge in [0.1, 0.15) is 30.1 Å². The molecule has 0 radical (unpaired) electrons. The van der Waals surface area contributed by atoms with Gasteiger partial charge >= 0.3 is 5.97 Å². The minimum Gasteiger partial charge on any atom is -0.460 e. The zero-order valence-corrected chi connectivity index (χ0v) is 40.6. The number of methoxy groups -OCH3 is 3. The second-order valence-corrected chi connectivity index (χ2v) is 18.9. The number of hydrogen-bond acceptors (Lipinski definition) is 13. The number of carbonyl (C=O) groups is 5. The highest BCUT2D eigenvalue weighted by atomic mass is 16.6. The summed E-state index contributed by atoms with van der Waals surface area (Å²) in [5.74, 6) is -17.4.